The molecule has 8 aromatic rings. The van der Waals surface area contributed by atoms with Gasteiger partial charge in [-0.2, -0.15) is 13.2 Å². The Balaban J connectivity index is 1.26. The number of alkyl halides is 3. The van der Waals surface area contributed by atoms with Crippen LogP contribution in [0.25, 0.3) is 49.7 Å². The van der Waals surface area contributed by atoms with Crippen molar-refractivity contribution in [3.05, 3.63) is 196 Å². The van der Waals surface area contributed by atoms with Crippen molar-refractivity contribution in [2.24, 2.45) is 0 Å². The Labute approximate surface area is 285 Å². The van der Waals surface area contributed by atoms with E-state index in [1.165, 1.54) is 50.6 Å². The molecule has 0 atom stereocenters. The molecule has 240 valence electrons. The highest BCUT2D eigenvalue weighted by Gasteiger charge is 2.36. The first kappa shape index (κ1) is 29.0. The van der Waals surface area contributed by atoms with Gasteiger partial charge in [-0.1, -0.05) is 109 Å². The normalized spacial score (nSPS) is 13.8. The van der Waals surface area contributed by atoms with Crippen LogP contribution in [0, 0.1) is 5.82 Å². The smallest absolute Gasteiger partial charge is 0.309 e. The lowest BCUT2D eigenvalue weighted by Crippen LogP contribution is -2.11. The van der Waals surface area contributed by atoms with Gasteiger partial charge in [0.05, 0.1) is 22.3 Å². The van der Waals surface area contributed by atoms with Crippen molar-refractivity contribution < 1.29 is 17.6 Å². The zero-order valence-electron chi connectivity index (χ0n) is 26.5. The second-order valence-corrected chi connectivity index (χ2v) is 13.3. The SMILES string of the molecule is Fc1ccc(-n2c3ccc(C4c5ccccc5-c5ccccc54)cc3c3cc(C4c5ccccc5-c5ccccc54)ccc32)c(C(F)(F)F)c1. The van der Waals surface area contributed by atoms with Crippen LogP contribution in [0.3, 0.4) is 0 Å². The Bertz CT molecular complexity index is 2440. The van der Waals surface area contributed by atoms with Crippen LogP contribution in [-0.4, -0.2) is 4.57 Å². The predicted molar refractivity (Wildman–Crippen MR) is 191 cm³/mol. The number of fused-ring (bicyclic) bond motifs is 9. The number of rotatable bonds is 3. The zero-order chi connectivity index (χ0) is 33.7. The molecule has 2 aliphatic carbocycles. The Morgan fingerprint density at radius 2 is 0.840 bits per heavy atom. The fraction of sp³-hybridized carbons (Fsp3) is 0.0667. The molecular weight excluding hydrogens is 630 g/mol. The molecule has 0 aliphatic heterocycles. The second kappa shape index (κ2) is 10.5. The highest BCUT2D eigenvalue weighted by Crippen LogP contribution is 2.51. The predicted octanol–water partition coefficient (Wildman–Crippen LogP) is 12.3. The third kappa shape index (κ3) is 4.13. The molecule has 0 N–H and O–H groups in total. The average Bonchev–Trinajstić information content (AvgIpc) is 3.76. The van der Waals surface area contributed by atoms with E-state index < -0.39 is 17.6 Å². The minimum atomic E-state index is -4.76. The Kier molecular flexibility index (Phi) is 6.11. The molecule has 0 amide bonds. The molecule has 0 spiro atoms. The third-order valence-corrected chi connectivity index (χ3v) is 10.7. The first-order valence-electron chi connectivity index (χ1n) is 16.7. The molecular formula is C45H27F4N. The fourth-order valence-electron chi connectivity index (χ4n) is 8.64. The Morgan fingerprint density at radius 1 is 0.440 bits per heavy atom. The van der Waals surface area contributed by atoms with Crippen LogP contribution in [0.4, 0.5) is 17.6 Å². The number of hydrogen-bond acceptors (Lipinski definition) is 0. The molecule has 0 fully saturated rings. The first-order valence-corrected chi connectivity index (χ1v) is 16.7. The van der Waals surface area contributed by atoms with Gasteiger partial charge in [-0.25, -0.2) is 4.39 Å². The highest BCUT2D eigenvalue weighted by atomic mass is 19.4. The van der Waals surface area contributed by atoms with Crippen molar-refractivity contribution in [3.8, 4) is 27.9 Å². The monoisotopic (exact) mass is 657 g/mol. The summed E-state index contributed by atoms with van der Waals surface area (Å²) in [5.74, 6) is -0.986. The molecule has 10 rings (SSSR count). The van der Waals surface area contributed by atoms with E-state index in [0.717, 1.165) is 28.0 Å². The lowest BCUT2D eigenvalue weighted by atomic mass is 9.87. The van der Waals surface area contributed by atoms with Gasteiger partial charge >= 0.3 is 6.18 Å². The topological polar surface area (TPSA) is 4.93 Å². The summed E-state index contributed by atoms with van der Waals surface area (Å²) < 4.78 is 59.6. The van der Waals surface area contributed by atoms with E-state index in [2.05, 4.69) is 109 Å². The van der Waals surface area contributed by atoms with Crippen molar-refractivity contribution >= 4 is 21.8 Å². The highest BCUT2D eigenvalue weighted by molar-refractivity contribution is 6.10. The van der Waals surface area contributed by atoms with Crippen LogP contribution in [0.2, 0.25) is 0 Å². The molecule has 0 unspecified atom stereocenters. The van der Waals surface area contributed by atoms with Crippen molar-refractivity contribution in [3.63, 3.8) is 0 Å². The molecule has 5 heteroatoms. The van der Waals surface area contributed by atoms with Gasteiger partial charge in [-0.15, -0.1) is 0 Å². The Morgan fingerprint density at radius 3 is 1.24 bits per heavy atom. The molecule has 2 aliphatic rings. The molecule has 1 heterocycles. The van der Waals surface area contributed by atoms with E-state index in [4.69, 9.17) is 0 Å². The summed E-state index contributed by atoms with van der Waals surface area (Å²) in [6.45, 7) is 0. The summed E-state index contributed by atoms with van der Waals surface area (Å²) >= 11 is 0. The molecule has 50 heavy (non-hydrogen) atoms. The summed E-state index contributed by atoms with van der Waals surface area (Å²) in [6.07, 6.45) is -4.76. The fourth-order valence-corrected chi connectivity index (χ4v) is 8.64. The van der Waals surface area contributed by atoms with E-state index >= 15 is 0 Å². The van der Waals surface area contributed by atoms with Crippen LogP contribution >= 0.6 is 0 Å². The largest absolute Gasteiger partial charge is 0.418 e. The lowest BCUT2D eigenvalue weighted by molar-refractivity contribution is -0.137. The van der Waals surface area contributed by atoms with Crippen LogP contribution in [0.5, 0.6) is 0 Å². The van der Waals surface area contributed by atoms with E-state index in [9.17, 15) is 17.6 Å². The third-order valence-electron chi connectivity index (χ3n) is 10.7. The van der Waals surface area contributed by atoms with Gasteiger partial charge < -0.3 is 4.57 Å². The summed E-state index contributed by atoms with van der Waals surface area (Å²) in [6, 6.07) is 48.8. The van der Waals surface area contributed by atoms with Gasteiger partial charge in [0, 0.05) is 22.6 Å². The van der Waals surface area contributed by atoms with Gasteiger partial charge in [0.15, 0.2) is 0 Å². The molecule has 1 nitrogen and oxygen atoms in total. The second-order valence-electron chi connectivity index (χ2n) is 13.3. The maximum Gasteiger partial charge on any atom is 0.418 e. The van der Waals surface area contributed by atoms with E-state index in [-0.39, 0.29) is 17.5 Å². The maximum atomic E-state index is 14.5. The Hall–Kier alpha value is -5.94. The van der Waals surface area contributed by atoms with Gasteiger partial charge in [0.25, 0.3) is 0 Å². The number of aromatic nitrogens is 1. The summed E-state index contributed by atoms with van der Waals surface area (Å²) in [5, 5.41) is 1.69. The number of hydrogen-bond donors (Lipinski definition) is 0. The van der Waals surface area contributed by atoms with Crippen molar-refractivity contribution in [2.45, 2.75) is 18.0 Å². The summed E-state index contributed by atoms with van der Waals surface area (Å²) in [5.41, 5.74) is 11.8. The maximum absolute atomic E-state index is 14.5. The molecule has 0 radical (unpaired) electrons. The number of nitrogens with zero attached hydrogens (tertiary/aromatic N) is 1. The molecule has 0 saturated heterocycles. The van der Waals surface area contributed by atoms with E-state index in [1.807, 2.05) is 24.3 Å². The quantitative estimate of drug-likeness (QED) is 0.167. The van der Waals surface area contributed by atoms with Gasteiger partial charge in [-0.3, -0.25) is 0 Å². The number of benzene rings is 7. The standard InChI is InChI=1S/C45H27F4N/c46-28-19-22-42(39(25-28)45(47,48)49)50-40-20-17-26(43-33-13-5-1-9-29(33)30-10-2-6-14-34(30)43)23-37(40)38-24-27(18-21-41(38)50)44-35-15-7-3-11-31(35)32-12-4-8-16-36(32)44/h1-25,43-44H. The molecule has 1 aromatic heterocycles. The first-order chi connectivity index (χ1) is 24.4. The number of halogens is 4. The molecule has 0 saturated carbocycles. The van der Waals surface area contributed by atoms with Crippen LogP contribution in [-0.2, 0) is 6.18 Å². The summed E-state index contributed by atoms with van der Waals surface area (Å²) in [7, 11) is 0. The van der Waals surface area contributed by atoms with E-state index in [0.29, 0.717) is 17.1 Å². The van der Waals surface area contributed by atoms with Crippen molar-refractivity contribution in [1.29, 1.82) is 0 Å². The minimum Gasteiger partial charge on any atom is -0.309 e. The summed E-state index contributed by atoms with van der Waals surface area (Å²) in [4.78, 5) is 0. The van der Waals surface area contributed by atoms with Gasteiger partial charge in [0.2, 0.25) is 0 Å². The average molecular weight is 658 g/mol. The van der Waals surface area contributed by atoms with E-state index in [1.54, 1.807) is 4.57 Å². The minimum absolute atomic E-state index is 0.0291. The van der Waals surface area contributed by atoms with Crippen molar-refractivity contribution in [1.82, 2.24) is 4.57 Å². The van der Waals surface area contributed by atoms with Crippen molar-refractivity contribution in [2.75, 3.05) is 0 Å². The molecule has 0 bridgehead atoms. The van der Waals surface area contributed by atoms with Gasteiger partial charge in [-0.05, 0) is 98.1 Å². The lowest BCUT2D eigenvalue weighted by Gasteiger charge is -2.17. The van der Waals surface area contributed by atoms with Gasteiger partial charge in [0.1, 0.15) is 5.82 Å². The van der Waals surface area contributed by atoms with Crippen LogP contribution < -0.4 is 0 Å². The van der Waals surface area contributed by atoms with Crippen LogP contribution in [0.15, 0.2) is 152 Å². The zero-order valence-corrected chi connectivity index (χ0v) is 26.5. The molecule has 7 aromatic carbocycles. The van der Waals surface area contributed by atoms with Crippen LogP contribution in [0.1, 0.15) is 50.8 Å².